The second kappa shape index (κ2) is 3.35. The van der Waals surface area contributed by atoms with Gasteiger partial charge in [-0.3, -0.25) is 0 Å². The first-order valence-corrected chi connectivity index (χ1v) is 6.55. The van der Waals surface area contributed by atoms with Crippen molar-refractivity contribution in [1.82, 2.24) is 0 Å². The standard InChI is InChI=1S/C16H14O2/c17-15-13-9-11-5-1-2-6-12(11)10-14(13)16(18-15)7-3-4-8-16/h1-2,5-6,9-10H,3-4,7-8H2. The number of esters is 1. The van der Waals surface area contributed by atoms with Crippen LogP contribution < -0.4 is 0 Å². The lowest BCUT2D eigenvalue weighted by Crippen LogP contribution is -2.21. The first-order chi connectivity index (χ1) is 8.78. The molecule has 1 saturated carbocycles. The highest BCUT2D eigenvalue weighted by Gasteiger charge is 2.47. The summed E-state index contributed by atoms with van der Waals surface area (Å²) in [6.45, 7) is 0. The largest absolute Gasteiger partial charge is 0.451 e. The molecule has 1 spiro atoms. The minimum Gasteiger partial charge on any atom is -0.451 e. The van der Waals surface area contributed by atoms with Gasteiger partial charge in [0.2, 0.25) is 0 Å². The maximum Gasteiger partial charge on any atom is 0.339 e. The molecular formula is C16H14O2. The van der Waals surface area contributed by atoms with Crippen LogP contribution in [0.3, 0.4) is 0 Å². The van der Waals surface area contributed by atoms with E-state index in [1.165, 1.54) is 5.39 Å². The summed E-state index contributed by atoms with van der Waals surface area (Å²) >= 11 is 0. The number of carbonyl (C=O) groups excluding carboxylic acids is 1. The summed E-state index contributed by atoms with van der Waals surface area (Å²) in [5.74, 6) is -0.141. The molecule has 0 saturated heterocycles. The molecule has 2 heteroatoms. The smallest absolute Gasteiger partial charge is 0.339 e. The van der Waals surface area contributed by atoms with E-state index in [9.17, 15) is 4.79 Å². The Bertz CT molecular complexity index is 651. The highest BCUT2D eigenvalue weighted by Crippen LogP contribution is 2.48. The molecule has 0 atom stereocenters. The van der Waals surface area contributed by atoms with Crippen molar-refractivity contribution in [2.45, 2.75) is 31.3 Å². The van der Waals surface area contributed by atoms with Crippen molar-refractivity contribution >= 4 is 16.7 Å². The Labute approximate surface area is 106 Å². The molecule has 90 valence electrons. The van der Waals surface area contributed by atoms with E-state index in [0.29, 0.717) is 0 Å². The molecule has 0 amide bonds. The topological polar surface area (TPSA) is 26.3 Å². The summed E-state index contributed by atoms with van der Waals surface area (Å²) in [6, 6.07) is 12.3. The van der Waals surface area contributed by atoms with Crippen molar-refractivity contribution < 1.29 is 9.53 Å². The van der Waals surface area contributed by atoms with E-state index >= 15 is 0 Å². The van der Waals surface area contributed by atoms with E-state index in [0.717, 1.165) is 42.2 Å². The van der Waals surface area contributed by atoms with Crippen molar-refractivity contribution in [2.24, 2.45) is 0 Å². The minimum absolute atomic E-state index is 0.141. The van der Waals surface area contributed by atoms with Crippen LogP contribution in [0.4, 0.5) is 0 Å². The van der Waals surface area contributed by atoms with Crippen LogP contribution in [0.25, 0.3) is 10.8 Å². The van der Waals surface area contributed by atoms with Gasteiger partial charge in [-0.05, 0) is 48.6 Å². The first-order valence-electron chi connectivity index (χ1n) is 6.55. The third kappa shape index (κ3) is 1.20. The highest BCUT2D eigenvalue weighted by molar-refractivity contribution is 6.00. The number of fused-ring (bicyclic) bond motifs is 3. The van der Waals surface area contributed by atoms with Gasteiger partial charge < -0.3 is 4.74 Å². The number of rotatable bonds is 0. The van der Waals surface area contributed by atoms with Crippen LogP contribution >= 0.6 is 0 Å². The molecule has 4 rings (SSSR count). The van der Waals surface area contributed by atoms with Crippen LogP contribution in [-0.2, 0) is 10.3 Å². The molecule has 0 radical (unpaired) electrons. The maximum absolute atomic E-state index is 12.0. The number of ether oxygens (including phenoxy) is 1. The lowest BCUT2D eigenvalue weighted by atomic mass is 9.89. The van der Waals surface area contributed by atoms with Gasteiger partial charge in [-0.1, -0.05) is 24.3 Å². The molecule has 18 heavy (non-hydrogen) atoms. The SMILES string of the molecule is O=C1OC2(CCCC2)c2cc3ccccc3cc21. The van der Waals surface area contributed by atoms with Crippen molar-refractivity contribution in [3.8, 4) is 0 Å². The molecule has 1 aliphatic heterocycles. The number of hydrogen-bond donors (Lipinski definition) is 0. The van der Waals surface area contributed by atoms with E-state index in [4.69, 9.17) is 4.74 Å². The zero-order chi connectivity index (χ0) is 12.2. The molecule has 0 unspecified atom stereocenters. The number of hydrogen-bond acceptors (Lipinski definition) is 2. The zero-order valence-corrected chi connectivity index (χ0v) is 10.1. The number of benzene rings is 2. The van der Waals surface area contributed by atoms with Gasteiger partial charge >= 0.3 is 5.97 Å². The molecule has 2 aliphatic rings. The molecule has 1 fully saturated rings. The second-order valence-corrected chi connectivity index (χ2v) is 5.34. The second-order valence-electron chi connectivity index (χ2n) is 5.34. The molecule has 0 aromatic heterocycles. The van der Waals surface area contributed by atoms with Gasteiger partial charge in [-0.2, -0.15) is 0 Å². The lowest BCUT2D eigenvalue weighted by Gasteiger charge is -2.22. The average molecular weight is 238 g/mol. The molecule has 2 aromatic carbocycles. The third-order valence-corrected chi connectivity index (χ3v) is 4.30. The Morgan fingerprint density at radius 3 is 2.39 bits per heavy atom. The summed E-state index contributed by atoms with van der Waals surface area (Å²) in [4.78, 5) is 12.0. The van der Waals surface area contributed by atoms with Crippen LogP contribution in [0.5, 0.6) is 0 Å². The van der Waals surface area contributed by atoms with E-state index in [1.807, 2.05) is 24.3 Å². The quantitative estimate of drug-likeness (QED) is 0.653. The number of carbonyl (C=O) groups is 1. The maximum atomic E-state index is 12.0. The lowest BCUT2D eigenvalue weighted by molar-refractivity contribution is -0.00479. The predicted molar refractivity (Wildman–Crippen MR) is 69.5 cm³/mol. The van der Waals surface area contributed by atoms with E-state index in [2.05, 4.69) is 12.1 Å². The third-order valence-electron chi connectivity index (χ3n) is 4.30. The molecule has 1 heterocycles. The normalized spacial score (nSPS) is 20.3. The van der Waals surface area contributed by atoms with Crippen molar-refractivity contribution in [3.63, 3.8) is 0 Å². The molecule has 2 nitrogen and oxygen atoms in total. The van der Waals surface area contributed by atoms with Gasteiger partial charge in [-0.25, -0.2) is 4.79 Å². The Morgan fingerprint density at radius 2 is 1.67 bits per heavy atom. The molecule has 1 aliphatic carbocycles. The Balaban J connectivity index is 2.02. The van der Waals surface area contributed by atoms with E-state index in [-0.39, 0.29) is 11.6 Å². The van der Waals surface area contributed by atoms with Gasteiger partial charge in [0, 0.05) is 5.56 Å². The fourth-order valence-corrected chi connectivity index (χ4v) is 3.39. The molecule has 0 bridgehead atoms. The van der Waals surface area contributed by atoms with Gasteiger partial charge in [0.1, 0.15) is 5.60 Å². The first kappa shape index (κ1) is 10.1. The van der Waals surface area contributed by atoms with Gasteiger partial charge in [0.05, 0.1) is 5.56 Å². The Hall–Kier alpha value is -1.83. The van der Waals surface area contributed by atoms with Crippen LogP contribution in [-0.4, -0.2) is 5.97 Å². The predicted octanol–water partition coefficient (Wildman–Crippen LogP) is 3.78. The monoisotopic (exact) mass is 238 g/mol. The fraction of sp³-hybridized carbons (Fsp3) is 0.312. The summed E-state index contributed by atoms with van der Waals surface area (Å²) in [7, 11) is 0. The summed E-state index contributed by atoms with van der Waals surface area (Å²) in [6.07, 6.45) is 4.26. The van der Waals surface area contributed by atoms with Crippen molar-refractivity contribution in [1.29, 1.82) is 0 Å². The molecule has 2 aromatic rings. The fourth-order valence-electron chi connectivity index (χ4n) is 3.39. The van der Waals surface area contributed by atoms with Crippen molar-refractivity contribution in [2.75, 3.05) is 0 Å². The summed E-state index contributed by atoms with van der Waals surface area (Å²) in [5, 5.41) is 2.31. The zero-order valence-electron chi connectivity index (χ0n) is 10.1. The Morgan fingerprint density at radius 1 is 1.00 bits per heavy atom. The average Bonchev–Trinajstić information content (AvgIpc) is 2.96. The molecular weight excluding hydrogens is 224 g/mol. The van der Waals surface area contributed by atoms with Crippen LogP contribution in [0.2, 0.25) is 0 Å². The van der Waals surface area contributed by atoms with Crippen LogP contribution in [0.15, 0.2) is 36.4 Å². The van der Waals surface area contributed by atoms with Crippen LogP contribution in [0.1, 0.15) is 41.6 Å². The minimum atomic E-state index is -0.309. The Kier molecular flexibility index (Phi) is 1.88. The van der Waals surface area contributed by atoms with E-state index < -0.39 is 0 Å². The van der Waals surface area contributed by atoms with E-state index in [1.54, 1.807) is 0 Å². The highest BCUT2D eigenvalue weighted by atomic mass is 16.6. The van der Waals surface area contributed by atoms with Gasteiger partial charge in [-0.15, -0.1) is 0 Å². The summed E-state index contributed by atoms with van der Waals surface area (Å²) < 4.78 is 5.71. The van der Waals surface area contributed by atoms with Crippen LogP contribution in [0, 0.1) is 0 Å². The van der Waals surface area contributed by atoms with Crippen molar-refractivity contribution in [3.05, 3.63) is 47.5 Å². The van der Waals surface area contributed by atoms with Gasteiger partial charge in [0.25, 0.3) is 0 Å². The summed E-state index contributed by atoms with van der Waals surface area (Å²) in [5.41, 5.74) is 1.58. The molecule has 0 N–H and O–H groups in total. The van der Waals surface area contributed by atoms with Gasteiger partial charge in [0.15, 0.2) is 0 Å².